The number of halogens is 1. The van der Waals surface area contributed by atoms with Crippen LogP contribution in [0.15, 0.2) is 18.2 Å². The minimum atomic E-state index is -0.316. The molecule has 1 aromatic carbocycles. The van der Waals surface area contributed by atoms with Crippen LogP contribution in [0.2, 0.25) is 5.02 Å². The molecule has 0 radical (unpaired) electrons. The van der Waals surface area contributed by atoms with E-state index in [1.54, 1.807) is 18.2 Å². The van der Waals surface area contributed by atoms with Gasteiger partial charge in [-0.15, -0.1) is 0 Å². The number of urea groups is 1. The molecular formula is C18H26ClN3O3. The Kier molecular flexibility index (Phi) is 7.52. The third-order valence-corrected chi connectivity index (χ3v) is 4.60. The summed E-state index contributed by atoms with van der Waals surface area (Å²) in [7, 11) is 0. The van der Waals surface area contributed by atoms with Crippen LogP contribution in [0, 0.1) is 5.92 Å². The normalized spacial score (nSPS) is 20.0. The first-order valence-electron chi connectivity index (χ1n) is 8.69. The first kappa shape index (κ1) is 19.5. The van der Waals surface area contributed by atoms with Crippen molar-refractivity contribution in [3.8, 4) is 0 Å². The number of hydrogen-bond acceptors (Lipinski definition) is 3. The third-order valence-electron chi connectivity index (χ3n) is 4.29. The van der Waals surface area contributed by atoms with E-state index >= 15 is 0 Å². The molecule has 3 amide bonds. The molecule has 0 aromatic heterocycles. The number of anilines is 2. The van der Waals surface area contributed by atoms with E-state index in [0.717, 1.165) is 6.42 Å². The quantitative estimate of drug-likeness (QED) is 0.664. The highest BCUT2D eigenvalue weighted by Crippen LogP contribution is 2.26. The monoisotopic (exact) mass is 367 g/mol. The second-order valence-corrected chi connectivity index (χ2v) is 6.83. The Morgan fingerprint density at radius 2 is 2.00 bits per heavy atom. The summed E-state index contributed by atoms with van der Waals surface area (Å²) in [6.07, 6.45) is 5.13. The summed E-state index contributed by atoms with van der Waals surface area (Å²) < 4.78 is 5.86. The topological polar surface area (TPSA) is 79.5 Å². The lowest BCUT2D eigenvalue weighted by Gasteiger charge is -2.28. The molecule has 0 saturated heterocycles. The molecule has 0 bridgehead atoms. The fourth-order valence-corrected chi connectivity index (χ4v) is 3.19. The summed E-state index contributed by atoms with van der Waals surface area (Å²) in [6.45, 7) is 4.59. The highest BCUT2D eigenvalue weighted by Gasteiger charge is 2.21. The molecule has 1 aliphatic carbocycles. The third kappa shape index (κ3) is 6.55. The Labute approximate surface area is 153 Å². The molecule has 1 aromatic rings. The molecular weight excluding hydrogens is 342 g/mol. The van der Waals surface area contributed by atoms with Gasteiger partial charge in [0.2, 0.25) is 5.91 Å². The molecule has 6 nitrogen and oxygen atoms in total. The molecule has 2 rings (SSSR count). The van der Waals surface area contributed by atoms with E-state index in [1.807, 2.05) is 0 Å². The maximum Gasteiger partial charge on any atom is 0.319 e. The molecule has 0 heterocycles. The van der Waals surface area contributed by atoms with Crippen molar-refractivity contribution < 1.29 is 14.3 Å². The molecule has 0 aliphatic heterocycles. The lowest BCUT2D eigenvalue weighted by molar-refractivity contribution is -0.114. The molecule has 1 saturated carbocycles. The van der Waals surface area contributed by atoms with Crippen LogP contribution in [0.5, 0.6) is 0 Å². The van der Waals surface area contributed by atoms with Crippen molar-refractivity contribution >= 4 is 34.9 Å². The van der Waals surface area contributed by atoms with Gasteiger partial charge in [0.15, 0.2) is 0 Å². The average Bonchev–Trinajstić information content (AvgIpc) is 2.55. The zero-order valence-electron chi connectivity index (χ0n) is 14.7. The fraction of sp³-hybridized carbons (Fsp3) is 0.556. The first-order chi connectivity index (χ1) is 12.0. The summed E-state index contributed by atoms with van der Waals surface area (Å²) in [4.78, 5) is 23.0. The van der Waals surface area contributed by atoms with Crippen LogP contribution in [0.3, 0.4) is 0 Å². The molecule has 1 aliphatic rings. The Morgan fingerprint density at radius 3 is 2.68 bits per heavy atom. The summed E-state index contributed by atoms with van der Waals surface area (Å²) in [6, 6.07) is 4.60. The van der Waals surface area contributed by atoms with Crippen LogP contribution >= 0.6 is 11.6 Å². The van der Waals surface area contributed by atoms with Gasteiger partial charge in [-0.3, -0.25) is 4.79 Å². The average molecular weight is 368 g/mol. The molecule has 0 spiro atoms. The number of benzene rings is 1. The van der Waals surface area contributed by atoms with Crippen LogP contribution in [0.1, 0.15) is 39.5 Å². The second kappa shape index (κ2) is 9.63. The number of rotatable bonds is 6. The standard InChI is InChI=1S/C18H26ClN3O3/c1-12-5-3-4-6-17(12)25-10-9-20-18(24)22-14-7-8-16(15(19)11-14)21-13(2)23/h7-8,11-12,17H,3-6,9-10H2,1-2H3,(H,21,23)(H2,20,22,24)/t12-,17-/m1/s1. The van der Waals surface area contributed by atoms with Crippen molar-refractivity contribution in [1.29, 1.82) is 0 Å². The molecule has 0 unspecified atom stereocenters. The molecule has 2 atom stereocenters. The number of ether oxygens (including phenoxy) is 1. The summed E-state index contributed by atoms with van der Waals surface area (Å²) in [5, 5.41) is 8.45. The molecule has 138 valence electrons. The van der Waals surface area contributed by atoms with Gasteiger partial charge in [0.1, 0.15) is 0 Å². The number of nitrogens with one attached hydrogen (secondary N) is 3. The minimum absolute atomic E-state index is 0.201. The molecule has 3 N–H and O–H groups in total. The van der Waals surface area contributed by atoms with Crippen LogP contribution in [-0.2, 0) is 9.53 Å². The van der Waals surface area contributed by atoms with E-state index in [-0.39, 0.29) is 11.9 Å². The highest BCUT2D eigenvalue weighted by molar-refractivity contribution is 6.34. The van der Waals surface area contributed by atoms with Crippen molar-refractivity contribution in [2.45, 2.75) is 45.6 Å². The van der Waals surface area contributed by atoms with Gasteiger partial charge in [-0.1, -0.05) is 31.4 Å². The van der Waals surface area contributed by atoms with E-state index in [9.17, 15) is 9.59 Å². The van der Waals surface area contributed by atoms with Crippen molar-refractivity contribution in [3.05, 3.63) is 23.2 Å². The maximum absolute atomic E-state index is 11.9. The van der Waals surface area contributed by atoms with E-state index in [2.05, 4.69) is 22.9 Å². The second-order valence-electron chi connectivity index (χ2n) is 6.43. The van der Waals surface area contributed by atoms with Crippen LogP contribution in [-0.4, -0.2) is 31.2 Å². The largest absolute Gasteiger partial charge is 0.376 e. The Balaban J connectivity index is 1.71. The van der Waals surface area contributed by atoms with E-state index in [1.165, 1.54) is 26.2 Å². The lowest BCUT2D eigenvalue weighted by Crippen LogP contribution is -2.34. The van der Waals surface area contributed by atoms with Crippen LogP contribution < -0.4 is 16.0 Å². The van der Waals surface area contributed by atoms with Crippen LogP contribution in [0.4, 0.5) is 16.2 Å². The fourth-order valence-electron chi connectivity index (χ4n) is 2.96. The number of carbonyl (C=O) groups excluding carboxylic acids is 2. The van der Waals surface area contributed by atoms with Gasteiger partial charge in [-0.2, -0.15) is 0 Å². The van der Waals surface area contributed by atoms with Crippen LogP contribution in [0.25, 0.3) is 0 Å². The van der Waals surface area contributed by atoms with Crippen molar-refractivity contribution in [2.75, 3.05) is 23.8 Å². The zero-order valence-corrected chi connectivity index (χ0v) is 15.5. The predicted molar refractivity (Wildman–Crippen MR) is 100 cm³/mol. The SMILES string of the molecule is CC(=O)Nc1ccc(NC(=O)NCCO[C@@H]2CCCC[C@H]2C)cc1Cl. The van der Waals surface area contributed by atoms with Gasteiger partial charge in [-0.25, -0.2) is 4.79 Å². The zero-order chi connectivity index (χ0) is 18.2. The van der Waals surface area contributed by atoms with Gasteiger partial charge >= 0.3 is 6.03 Å². The predicted octanol–water partition coefficient (Wildman–Crippen LogP) is 4.02. The van der Waals surface area contributed by atoms with E-state index in [0.29, 0.717) is 41.6 Å². The lowest BCUT2D eigenvalue weighted by atomic mass is 9.88. The van der Waals surface area contributed by atoms with E-state index < -0.39 is 0 Å². The summed E-state index contributed by atoms with van der Waals surface area (Å²) >= 11 is 6.08. The van der Waals surface area contributed by atoms with E-state index in [4.69, 9.17) is 16.3 Å². The number of hydrogen-bond donors (Lipinski definition) is 3. The van der Waals surface area contributed by atoms with Crippen molar-refractivity contribution in [3.63, 3.8) is 0 Å². The highest BCUT2D eigenvalue weighted by atomic mass is 35.5. The van der Waals surface area contributed by atoms with Crippen molar-refractivity contribution in [1.82, 2.24) is 5.32 Å². The van der Waals surface area contributed by atoms with Gasteiger partial charge in [0.25, 0.3) is 0 Å². The number of carbonyl (C=O) groups is 2. The van der Waals surface area contributed by atoms with Crippen molar-refractivity contribution in [2.24, 2.45) is 5.92 Å². The molecule has 25 heavy (non-hydrogen) atoms. The minimum Gasteiger partial charge on any atom is -0.376 e. The Morgan fingerprint density at radius 1 is 1.24 bits per heavy atom. The maximum atomic E-state index is 11.9. The summed E-state index contributed by atoms with van der Waals surface area (Å²) in [5.74, 6) is 0.388. The smallest absolute Gasteiger partial charge is 0.319 e. The molecule has 1 fully saturated rings. The van der Waals surface area contributed by atoms with Gasteiger partial charge < -0.3 is 20.7 Å². The Hall–Kier alpha value is -1.79. The Bertz CT molecular complexity index is 609. The van der Waals surface area contributed by atoms with Gasteiger partial charge in [-0.05, 0) is 37.0 Å². The summed E-state index contributed by atoms with van der Waals surface area (Å²) in [5.41, 5.74) is 1.06. The van der Waals surface area contributed by atoms with Gasteiger partial charge in [0, 0.05) is 19.2 Å². The molecule has 7 heteroatoms. The van der Waals surface area contributed by atoms with Gasteiger partial charge in [0.05, 0.1) is 23.4 Å². The number of amides is 3. The first-order valence-corrected chi connectivity index (χ1v) is 9.07.